The summed E-state index contributed by atoms with van der Waals surface area (Å²) in [5.41, 5.74) is 3.44. The molecule has 1 rings (SSSR count). The zero-order valence-electron chi connectivity index (χ0n) is 12.2. The number of carbonyl (C=O) groups is 1. The fraction of sp³-hybridized carbons (Fsp3) is 0.571. The predicted molar refractivity (Wildman–Crippen MR) is 74.8 cm³/mol. The van der Waals surface area contributed by atoms with E-state index in [0.29, 0.717) is 6.04 Å². The third-order valence-electron chi connectivity index (χ3n) is 2.92. The van der Waals surface area contributed by atoms with E-state index in [-0.39, 0.29) is 5.91 Å². The summed E-state index contributed by atoms with van der Waals surface area (Å²) in [4.78, 5) is 12.0. The molecule has 0 aliphatic carbocycles. The van der Waals surface area contributed by atoms with Crippen LogP contribution in [0.4, 0.5) is 5.69 Å². The van der Waals surface area contributed by atoms with Crippen LogP contribution in [0.5, 0.6) is 0 Å². The van der Waals surface area contributed by atoms with E-state index in [4.69, 9.17) is 0 Å². The molecular weight excluding hydrogens is 226 g/mol. The van der Waals surface area contributed by atoms with Crippen LogP contribution in [0.1, 0.15) is 51.5 Å². The number of anilines is 1. The van der Waals surface area contributed by atoms with Crippen molar-refractivity contribution < 1.29 is 4.79 Å². The standard InChI is InChI=1S/C14H23N3O/c1-7-8-10(4)14(18)15-13-11(5)16-17(9(2)3)12(13)6/h8-9H,7H2,1-6H3,(H,15,18). The van der Waals surface area contributed by atoms with Crippen molar-refractivity contribution in [2.24, 2.45) is 0 Å². The number of aryl methyl sites for hydroxylation is 1. The molecule has 0 aliphatic rings. The number of nitrogens with one attached hydrogen (secondary N) is 1. The molecule has 1 amide bonds. The third kappa shape index (κ3) is 3.00. The van der Waals surface area contributed by atoms with Gasteiger partial charge in [-0.3, -0.25) is 9.48 Å². The van der Waals surface area contributed by atoms with E-state index >= 15 is 0 Å². The lowest BCUT2D eigenvalue weighted by Gasteiger charge is -2.09. The summed E-state index contributed by atoms with van der Waals surface area (Å²) in [7, 11) is 0. The number of hydrogen-bond acceptors (Lipinski definition) is 2. The minimum atomic E-state index is -0.0497. The lowest BCUT2D eigenvalue weighted by Crippen LogP contribution is -2.14. The summed E-state index contributed by atoms with van der Waals surface area (Å²) in [5, 5.41) is 7.40. The van der Waals surface area contributed by atoms with E-state index in [1.54, 1.807) is 0 Å². The molecule has 0 bridgehead atoms. The molecule has 0 saturated carbocycles. The molecule has 1 aromatic rings. The quantitative estimate of drug-likeness (QED) is 0.831. The molecule has 0 spiro atoms. The van der Waals surface area contributed by atoms with Gasteiger partial charge in [0.2, 0.25) is 0 Å². The Morgan fingerprint density at radius 1 is 1.44 bits per heavy atom. The van der Waals surface area contributed by atoms with E-state index in [9.17, 15) is 4.79 Å². The third-order valence-corrected chi connectivity index (χ3v) is 2.92. The van der Waals surface area contributed by atoms with Crippen molar-refractivity contribution in [3.8, 4) is 0 Å². The van der Waals surface area contributed by atoms with Crippen LogP contribution in [-0.2, 0) is 4.79 Å². The van der Waals surface area contributed by atoms with Gasteiger partial charge in [0.05, 0.1) is 17.1 Å². The van der Waals surface area contributed by atoms with Crippen LogP contribution in [0.2, 0.25) is 0 Å². The molecular formula is C14H23N3O. The van der Waals surface area contributed by atoms with Crippen molar-refractivity contribution >= 4 is 11.6 Å². The zero-order chi connectivity index (χ0) is 13.9. The van der Waals surface area contributed by atoms with Crippen LogP contribution in [0, 0.1) is 13.8 Å². The molecule has 0 unspecified atom stereocenters. The van der Waals surface area contributed by atoms with E-state index in [1.807, 2.05) is 38.5 Å². The van der Waals surface area contributed by atoms with Gasteiger partial charge in [-0.15, -0.1) is 0 Å². The number of rotatable bonds is 4. The predicted octanol–water partition coefficient (Wildman–Crippen LogP) is 3.38. The maximum atomic E-state index is 12.0. The van der Waals surface area contributed by atoms with Gasteiger partial charge in [0.1, 0.15) is 0 Å². The second kappa shape index (κ2) is 5.85. The molecule has 4 nitrogen and oxygen atoms in total. The smallest absolute Gasteiger partial charge is 0.251 e. The fourth-order valence-corrected chi connectivity index (χ4v) is 1.96. The summed E-state index contributed by atoms with van der Waals surface area (Å²) >= 11 is 0. The number of aromatic nitrogens is 2. The van der Waals surface area contributed by atoms with Gasteiger partial charge in [0.15, 0.2) is 0 Å². The van der Waals surface area contributed by atoms with Crippen LogP contribution in [-0.4, -0.2) is 15.7 Å². The lowest BCUT2D eigenvalue weighted by atomic mass is 10.2. The second-order valence-electron chi connectivity index (χ2n) is 4.83. The maximum Gasteiger partial charge on any atom is 0.251 e. The first-order valence-corrected chi connectivity index (χ1v) is 6.42. The molecule has 100 valence electrons. The Kier molecular flexibility index (Phi) is 4.70. The minimum absolute atomic E-state index is 0.0497. The monoisotopic (exact) mass is 249 g/mol. The lowest BCUT2D eigenvalue weighted by molar-refractivity contribution is -0.112. The molecule has 1 aromatic heterocycles. The number of amides is 1. The van der Waals surface area contributed by atoms with Crippen molar-refractivity contribution in [1.82, 2.24) is 9.78 Å². The Balaban J connectivity index is 2.99. The summed E-state index contributed by atoms with van der Waals surface area (Å²) < 4.78 is 1.93. The second-order valence-corrected chi connectivity index (χ2v) is 4.83. The summed E-state index contributed by atoms with van der Waals surface area (Å²) in [6, 6.07) is 0.293. The minimum Gasteiger partial charge on any atom is -0.319 e. The zero-order valence-corrected chi connectivity index (χ0v) is 12.2. The fourth-order valence-electron chi connectivity index (χ4n) is 1.96. The van der Waals surface area contributed by atoms with Gasteiger partial charge in [0.25, 0.3) is 5.91 Å². The van der Waals surface area contributed by atoms with Crippen LogP contribution < -0.4 is 5.32 Å². The molecule has 0 aromatic carbocycles. The molecule has 0 radical (unpaired) electrons. The van der Waals surface area contributed by atoms with Gasteiger partial charge >= 0.3 is 0 Å². The normalized spacial score (nSPS) is 12.1. The van der Waals surface area contributed by atoms with Crippen LogP contribution in [0.3, 0.4) is 0 Å². The molecule has 0 fully saturated rings. The van der Waals surface area contributed by atoms with Gasteiger partial charge in [0, 0.05) is 11.6 Å². The highest BCUT2D eigenvalue weighted by molar-refractivity contribution is 6.03. The number of allylic oxidation sites excluding steroid dienone is 1. The Labute approximate surface area is 109 Å². The van der Waals surface area contributed by atoms with Crippen LogP contribution in [0.25, 0.3) is 0 Å². The Morgan fingerprint density at radius 3 is 2.50 bits per heavy atom. The van der Waals surface area contributed by atoms with Gasteiger partial charge in [-0.2, -0.15) is 5.10 Å². The molecule has 4 heteroatoms. The largest absolute Gasteiger partial charge is 0.319 e. The Morgan fingerprint density at radius 2 is 2.06 bits per heavy atom. The summed E-state index contributed by atoms with van der Waals surface area (Å²) in [6.45, 7) is 11.9. The van der Waals surface area contributed by atoms with Gasteiger partial charge < -0.3 is 5.32 Å². The highest BCUT2D eigenvalue weighted by Gasteiger charge is 2.15. The molecule has 1 heterocycles. The molecule has 0 atom stereocenters. The first-order chi connectivity index (χ1) is 8.38. The average Bonchev–Trinajstić information content (AvgIpc) is 2.57. The number of hydrogen-bond donors (Lipinski definition) is 1. The number of nitrogens with zero attached hydrogens (tertiary/aromatic N) is 2. The van der Waals surface area contributed by atoms with Crippen LogP contribution in [0.15, 0.2) is 11.6 Å². The highest BCUT2D eigenvalue weighted by atomic mass is 16.1. The maximum absolute atomic E-state index is 12.0. The highest BCUT2D eigenvalue weighted by Crippen LogP contribution is 2.22. The Hall–Kier alpha value is -1.58. The number of carbonyl (C=O) groups excluding carboxylic acids is 1. The molecule has 0 aliphatic heterocycles. The molecule has 0 saturated heterocycles. The Bertz CT molecular complexity index is 470. The van der Waals surface area contributed by atoms with Crippen molar-refractivity contribution in [3.63, 3.8) is 0 Å². The molecule has 1 N–H and O–H groups in total. The molecule has 18 heavy (non-hydrogen) atoms. The summed E-state index contributed by atoms with van der Waals surface area (Å²) in [5.74, 6) is -0.0497. The van der Waals surface area contributed by atoms with Crippen molar-refractivity contribution in [2.75, 3.05) is 5.32 Å². The van der Waals surface area contributed by atoms with Crippen molar-refractivity contribution in [3.05, 3.63) is 23.0 Å². The van der Waals surface area contributed by atoms with E-state index < -0.39 is 0 Å². The van der Waals surface area contributed by atoms with Gasteiger partial charge in [-0.1, -0.05) is 13.0 Å². The SMILES string of the molecule is CCC=C(C)C(=O)Nc1c(C)nn(C(C)C)c1C. The first kappa shape index (κ1) is 14.5. The van der Waals surface area contributed by atoms with Crippen molar-refractivity contribution in [2.45, 2.75) is 54.0 Å². The topological polar surface area (TPSA) is 46.9 Å². The summed E-state index contributed by atoms with van der Waals surface area (Å²) in [6.07, 6.45) is 2.79. The van der Waals surface area contributed by atoms with E-state index in [2.05, 4.69) is 24.3 Å². The van der Waals surface area contributed by atoms with Crippen molar-refractivity contribution in [1.29, 1.82) is 0 Å². The van der Waals surface area contributed by atoms with E-state index in [1.165, 1.54) is 0 Å². The van der Waals surface area contributed by atoms with Crippen LogP contribution >= 0.6 is 0 Å². The average molecular weight is 249 g/mol. The van der Waals surface area contributed by atoms with Gasteiger partial charge in [-0.05, 0) is 41.0 Å². The van der Waals surface area contributed by atoms with E-state index in [0.717, 1.165) is 29.1 Å². The van der Waals surface area contributed by atoms with Gasteiger partial charge in [-0.25, -0.2) is 0 Å². The first-order valence-electron chi connectivity index (χ1n) is 6.42.